The molecular formula is C57H48F10. The van der Waals surface area contributed by atoms with E-state index in [4.69, 9.17) is 0 Å². The fourth-order valence-corrected chi connectivity index (χ4v) is 8.99. The molecule has 8 rings (SSSR count). The Balaban J connectivity index is 1.73. The summed E-state index contributed by atoms with van der Waals surface area (Å²) < 4.78 is 149. The minimum atomic E-state index is -4.68. The highest BCUT2D eigenvalue weighted by atomic mass is 19.4. The normalized spacial score (nSPS) is 13.5. The summed E-state index contributed by atoms with van der Waals surface area (Å²) in [7, 11) is 0. The molecule has 0 saturated carbocycles. The Kier molecular flexibility index (Phi) is 11.3. The van der Waals surface area contributed by atoms with Crippen LogP contribution in [-0.2, 0) is 21.9 Å². The Labute approximate surface area is 383 Å². The molecule has 0 unspecified atom stereocenters. The van der Waals surface area contributed by atoms with Crippen LogP contribution in [0.4, 0.5) is 43.9 Å². The summed E-state index contributed by atoms with van der Waals surface area (Å²) in [5, 5.41) is 2.82. The molecule has 0 nitrogen and oxygen atoms in total. The lowest BCUT2D eigenvalue weighted by molar-refractivity contribution is -0.180. The zero-order chi connectivity index (χ0) is 48.9. The van der Waals surface area contributed by atoms with Gasteiger partial charge in [0.1, 0.15) is 5.67 Å². The van der Waals surface area contributed by atoms with Crippen LogP contribution in [-0.4, -0.2) is 18.5 Å². The van der Waals surface area contributed by atoms with Crippen LogP contribution in [0.25, 0.3) is 76.8 Å². The highest BCUT2D eigenvalue weighted by Crippen LogP contribution is 2.56. The first-order valence-corrected chi connectivity index (χ1v) is 21.8. The van der Waals surface area contributed by atoms with Crippen molar-refractivity contribution >= 4 is 32.3 Å². The van der Waals surface area contributed by atoms with E-state index >= 15 is 4.39 Å². The van der Waals surface area contributed by atoms with Gasteiger partial charge in [-0.15, -0.1) is 0 Å². The minimum absolute atomic E-state index is 0.0307. The molecule has 0 N–H and O–H groups in total. The van der Waals surface area contributed by atoms with Gasteiger partial charge < -0.3 is 0 Å². The van der Waals surface area contributed by atoms with Crippen LogP contribution in [0.5, 0.6) is 0 Å². The average molecular weight is 923 g/mol. The van der Waals surface area contributed by atoms with E-state index in [9.17, 15) is 39.5 Å². The maximum atomic E-state index is 15.5. The van der Waals surface area contributed by atoms with Crippen molar-refractivity contribution in [3.63, 3.8) is 0 Å². The van der Waals surface area contributed by atoms with Crippen molar-refractivity contribution in [1.82, 2.24) is 0 Å². The van der Waals surface area contributed by atoms with Gasteiger partial charge in [0.2, 0.25) is 0 Å². The van der Waals surface area contributed by atoms with Crippen molar-refractivity contribution in [3.8, 4) is 44.5 Å². The summed E-state index contributed by atoms with van der Waals surface area (Å²) in [5.41, 5.74) is -4.26. The highest BCUT2D eigenvalue weighted by molar-refractivity contribution is 6.34. The maximum absolute atomic E-state index is 15.5. The van der Waals surface area contributed by atoms with Crippen molar-refractivity contribution in [2.24, 2.45) is 0 Å². The third-order valence-electron chi connectivity index (χ3n) is 13.8. The number of benzene rings is 8. The third-order valence-corrected chi connectivity index (χ3v) is 13.8. The van der Waals surface area contributed by atoms with Crippen molar-refractivity contribution in [2.75, 3.05) is 0 Å². The van der Waals surface area contributed by atoms with E-state index in [1.807, 2.05) is 24.3 Å². The zero-order valence-electron chi connectivity index (χ0n) is 38.1. The van der Waals surface area contributed by atoms with Gasteiger partial charge in [-0.05, 0) is 167 Å². The van der Waals surface area contributed by atoms with Gasteiger partial charge in [0.15, 0.2) is 0 Å². The van der Waals surface area contributed by atoms with Crippen molar-refractivity contribution in [1.29, 1.82) is 0 Å². The van der Waals surface area contributed by atoms with Gasteiger partial charge in [-0.2, -0.15) is 39.5 Å². The van der Waals surface area contributed by atoms with Gasteiger partial charge in [-0.25, -0.2) is 4.39 Å². The number of hydrogen-bond donors (Lipinski definition) is 0. The lowest BCUT2D eigenvalue weighted by Crippen LogP contribution is -2.36. The van der Waals surface area contributed by atoms with Crippen molar-refractivity contribution < 1.29 is 43.9 Å². The Bertz CT molecular complexity index is 3150. The number of hydrogen-bond acceptors (Lipinski definition) is 0. The molecule has 0 atom stereocenters. The molecular weight excluding hydrogens is 875 g/mol. The van der Waals surface area contributed by atoms with Crippen LogP contribution in [0.2, 0.25) is 0 Å². The largest absolute Gasteiger partial charge is 0.397 e. The van der Waals surface area contributed by atoms with Crippen LogP contribution in [0.3, 0.4) is 0 Å². The summed E-state index contributed by atoms with van der Waals surface area (Å²) in [6.07, 6.45) is -14.0. The first-order valence-electron chi connectivity index (χ1n) is 21.8. The van der Waals surface area contributed by atoms with Crippen molar-refractivity contribution in [2.45, 2.75) is 95.8 Å². The molecule has 0 saturated heterocycles. The Morgan fingerprint density at radius 1 is 0.269 bits per heavy atom. The standard InChI is InChI=1S/C57H48F10/c1-51(2,55(59,60)61)37-23-19-35(20-24-37)45-41-29-27-39(52(3,4)56(62,63)64)31-43(41)48(34-17-13-10-14-18-34)50-46(36-21-25-38(26-22-36)54(7,8)58)42-30-28-40(53(5,6)57(65,66)67)32-44(42)47(49(45)50)33-15-11-9-12-16-33/h9-32H,1-8H3. The number of halogens is 10. The molecule has 346 valence electrons. The van der Waals surface area contributed by atoms with E-state index < -0.39 is 40.4 Å². The van der Waals surface area contributed by atoms with Gasteiger partial charge in [-0.3, -0.25) is 0 Å². The molecule has 0 bridgehead atoms. The number of alkyl halides is 10. The van der Waals surface area contributed by atoms with Gasteiger partial charge in [-0.1, -0.05) is 133 Å². The van der Waals surface area contributed by atoms with Crippen LogP contribution >= 0.6 is 0 Å². The van der Waals surface area contributed by atoms with Crippen LogP contribution in [0, 0.1) is 0 Å². The van der Waals surface area contributed by atoms with Gasteiger partial charge in [0.05, 0.1) is 16.2 Å². The Morgan fingerprint density at radius 2 is 0.537 bits per heavy atom. The number of fused-ring (bicyclic) bond motifs is 3. The zero-order valence-corrected chi connectivity index (χ0v) is 38.1. The second-order valence-corrected chi connectivity index (χ2v) is 19.5. The molecule has 0 aromatic heterocycles. The molecule has 8 aromatic carbocycles. The van der Waals surface area contributed by atoms with E-state index in [-0.39, 0.29) is 16.7 Å². The fraction of sp³-hybridized carbons (Fsp3) is 0.263. The summed E-state index contributed by atoms with van der Waals surface area (Å²) in [4.78, 5) is 0. The van der Waals surface area contributed by atoms with Gasteiger partial charge in [0.25, 0.3) is 0 Å². The Morgan fingerprint density at radius 3 is 0.851 bits per heavy atom. The molecule has 0 radical (unpaired) electrons. The molecule has 0 fully saturated rings. The first kappa shape index (κ1) is 47.3. The Hall–Kier alpha value is -6.16. The van der Waals surface area contributed by atoms with Gasteiger partial charge in [0, 0.05) is 0 Å². The second kappa shape index (κ2) is 16.0. The van der Waals surface area contributed by atoms with Gasteiger partial charge >= 0.3 is 18.5 Å². The summed E-state index contributed by atoms with van der Waals surface area (Å²) in [6.45, 7) is 9.38. The van der Waals surface area contributed by atoms with Crippen LogP contribution in [0.1, 0.15) is 77.6 Å². The molecule has 0 aliphatic rings. The average Bonchev–Trinajstić information content (AvgIpc) is 3.26. The molecule has 0 spiro atoms. The van der Waals surface area contributed by atoms with Crippen molar-refractivity contribution in [3.05, 3.63) is 168 Å². The predicted octanol–water partition coefficient (Wildman–Crippen LogP) is 18.5. The SMILES string of the molecule is CC(C)(F)c1ccc(-c2c3ccc(C(C)(C)C(F)(F)F)cc3c(-c3ccccc3)c3c(-c4ccc(C(C)(C)C(F)(F)F)cc4)c4ccc(C(C)(C)C(F)(F)F)cc4c(-c4ccccc4)c23)cc1. The molecule has 67 heavy (non-hydrogen) atoms. The first-order chi connectivity index (χ1) is 31.1. The van der Waals surface area contributed by atoms with E-state index in [0.29, 0.717) is 82.4 Å². The molecule has 0 heterocycles. The predicted molar refractivity (Wildman–Crippen MR) is 252 cm³/mol. The molecule has 0 aliphatic carbocycles. The van der Waals surface area contributed by atoms with Crippen LogP contribution < -0.4 is 0 Å². The van der Waals surface area contributed by atoms with E-state index in [1.165, 1.54) is 50.2 Å². The van der Waals surface area contributed by atoms with Crippen LogP contribution in [0.15, 0.2) is 146 Å². The molecule has 10 heteroatoms. The summed E-state index contributed by atoms with van der Waals surface area (Å²) in [6, 6.07) is 39.9. The molecule has 8 aromatic rings. The smallest absolute Gasteiger partial charge is 0.239 e. The summed E-state index contributed by atoms with van der Waals surface area (Å²) in [5.74, 6) is 0. The van der Waals surface area contributed by atoms with E-state index in [2.05, 4.69) is 0 Å². The summed E-state index contributed by atoms with van der Waals surface area (Å²) >= 11 is 0. The maximum Gasteiger partial charge on any atom is 0.397 e. The lowest BCUT2D eigenvalue weighted by atomic mass is 9.74. The lowest BCUT2D eigenvalue weighted by Gasteiger charge is -2.31. The minimum Gasteiger partial charge on any atom is -0.239 e. The van der Waals surface area contributed by atoms with E-state index in [0.717, 1.165) is 41.5 Å². The molecule has 0 aliphatic heterocycles. The quantitative estimate of drug-likeness (QED) is 0.105. The third kappa shape index (κ3) is 7.93. The van der Waals surface area contributed by atoms with E-state index in [1.54, 1.807) is 84.9 Å². The second-order valence-electron chi connectivity index (χ2n) is 19.5. The topological polar surface area (TPSA) is 0 Å². The highest BCUT2D eigenvalue weighted by Gasteiger charge is 2.50. The monoisotopic (exact) mass is 922 g/mol. The number of rotatable bonds is 8. The fourth-order valence-electron chi connectivity index (χ4n) is 8.99. The molecule has 0 amide bonds.